The third-order valence-electron chi connectivity index (χ3n) is 1.03. The van der Waals surface area contributed by atoms with Crippen molar-refractivity contribution < 1.29 is 21.9 Å². The van der Waals surface area contributed by atoms with Crippen molar-refractivity contribution >= 4 is 5.97 Å². The maximum absolute atomic E-state index is 10.5. The maximum atomic E-state index is 10.5. The zero-order valence-corrected chi connectivity index (χ0v) is 5.38. The highest BCUT2D eigenvalue weighted by molar-refractivity contribution is 5.73. The Kier molecular flexibility index (Phi) is 0.967. The minimum absolute atomic E-state index is 0.626. The Morgan fingerprint density at radius 1 is 1.45 bits per heavy atom. The summed E-state index contributed by atoms with van der Waals surface area (Å²) in [5, 5.41) is 17.8. The summed E-state index contributed by atoms with van der Waals surface area (Å²) < 4.78 is 36.5. The van der Waals surface area contributed by atoms with E-state index >= 15 is 0 Å². The van der Waals surface area contributed by atoms with Gasteiger partial charge in [-0.3, -0.25) is 0 Å². The normalized spacial score (nSPS) is 18.8. The van der Waals surface area contributed by atoms with Gasteiger partial charge >= 0.3 is 5.97 Å². The Morgan fingerprint density at radius 3 is 2.45 bits per heavy atom. The summed E-state index contributed by atoms with van der Waals surface area (Å²) >= 11 is 0. The van der Waals surface area contributed by atoms with Crippen molar-refractivity contribution in [1.29, 1.82) is 0 Å². The van der Waals surface area contributed by atoms with E-state index in [1.54, 1.807) is 0 Å². The molecule has 0 heterocycles. The van der Waals surface area contributed by atoms with Crippen LogP contribution in [-0.2, 0) is 4.79 Å². The minimum Gasteiger partial charge on any atom is -0.479 e. The number of hydrogen-bond acceptors (Lipinski definition) is 2. The predicted octanol–water partition coefficient (Wildman–Crippen LogP) is 0.805. The molecule has 1 aromatic rings. The van der Waals surface area contributed by atoms with Crippen LogP contribution in [0.2, 0.25) is 0 Å². The summed E-state index contributed by atoms with van der Waals surface area (Å²) in [6.45, 7) is 0. The van der Waals surface area contributed by atoms with Crippen molar-refractivity contribution in [2.24, 2.45) is 0 Å². The van der Waals surface area contributed by atoms with E-state index in [0.717, 1.165) is 0 Å². The van der Waals surface area contributed by atoms with Gasteiger partial charge in [-0.15, -0.1) is 0 Å². The molecule has 0 unspecified atom stereocenters. The van der Waals surface area contributed by atoms with E-state index in [1.165, 1.54) is 0 Å². The molecule has 1 aromatic carbocycles. The van der Waals surface area contributed by atoms with Crippen LogP contribution in [0.5, 0.6) is 0 Å². The van der Waals surface area contributed by atoms with Gasteiger partial charge in [0.2, 0.25) is 0 Å². The Labute approximate surface area is 70.9 Å². The van der Waals surface area contributed by atoms with Gasteiger partial charge in [0.1, 0.15) is 0 Å². The third kappa shape index (κ3) is 1.78. The molecule has 1 rings (SSSR count). The first-order chi connectivity index (χ1) is 7.29. The summed E-state index contributed by atoms with van der Waals surface area (Å²) in [5.74, 6) is -1.67. The minimum atomic E-state index is -2.13. The number of aliphatic hydroxyl groups excluding tert-OH is 1. The van der Waals surface area contributed by atoms with Crippen LogP contribution in [0.15, 0.2) is 30.2 Å². The molecule has 2 N–H and O–H groups in total. The lowest BCUT2D eigenvalue weighted by Gasteiger charge is -2.03. The Bertz CT molecular complexity index is 430. The number of aliphatic hydroxyl groups is 1. The van der Waals surface area contributed by atoms with Gasteiger partial charge in [0.25, 0.3) is 0 Å². The van der Waals surface area contributed by atoms with Gasteiger partial charge in [-0.25, -0.2) is 4.79 Å². The molecule has 0 bridgehead atoms. The number of carboxylic acids is 1. The van der Waals surface area contributed by atoms with E-state index in [2.05, 4.69) is 0 Å². The quantitative estimate of drug-likeness (QED) is 0.667. The third-order valence-corrected chi connectivity index (χ3v) is 1.03. The van der Waals surface area contributed by atoms with Crippen LogP contribution in [0.1, 0.15) is 18.5 Å². The number of carboxylic acid groups (broad SMARTS) is 1. The topological polar surface area (TPSA) is 57.5 Å². The lowest BCUT2D eigenvalue weighted by atomic mass is 10.1. The van der Waals surface area contributed by atoms with Crippen LogP contribution in [0.4, 0.5) is 0 Å². The van der Waals surface area contributed by atoms with Crippen LogP contribution in [-0.4, -0.2) is 16.2 Å². The number of rotatable bonds is 2. The van der Waals surface area contributed by atoms with Crippen molar-refractivity contribution in [3.05, 3.63) is 35.8 Å². The maximum Gasteiger partial charge on any atom is 0.337 e. The number of benzene rings is 1. The van der Waals surface area contributed by atoms with E-state index in [1.807, 2.05) is 0 Å². The summed E-state index contributed by atoms with van der Waals surface area (Å²) in [6, 6.07) is -3.38. The second kappa shape index (κ2) is 3.16. The van der Waals surface area contributed by atoms with E-state index in [-0.39, 0.29) is 0 Å². The van der Waals surface area contributed by atoms with Crippen molar-refractivity contribution in [3.8, 4) is 0 Å². The molecule has 11 heavy (non-hydrogen) atoms. The lowest BCUT2D eigenvalue weighted by Crippen LogP contribution is -2.09. The molecular formula is C8H8O3. The second-order valence-electron chi connectivity index (χ2n) is 1.78. The highest BCUT2D eigenvalue weighted by Gasteiger charge is 2.14. The van der Waals surface area contributed by atoms with Crippen LogP contribution in [0.25, 0.3) is 0 Å². The van der Waals surface area contributed by atoms with E-state index in [0.29, 0.717) is 0 Å². The standard InChI is InChI=1S/C8H8O3/c9-7(8(10)11)6-4-2-1-3-5-6/h1-5,7,9H,(H,10,11)/t7-/m1/s1/i1D,2D,3D,4D,5D. The largest absolute Gasteiger partial charge is 0.479 e. The summed E-state index contributed by atoms with van der Waals surface area (Å²) in [7, 11) is 0. The molecule has 0 aromatic heterocycles. The van der Waals surface area contributed by atoms with Crippen LogP contribution in [0.3, 0.4) is 0 Å². The fourth-order valence-electron chi connectivity index (χ4n) is 0.520. The van der Waals surface area contributed by atoms with Gasteiger partial charge in [0.15, 0.2) is 6.10 Å². The molecule has 0 aliphatic carbocycles. The molecule has 3 heteroatoms. The molecular weight excluding hydrogens is 144 g/mol. The Hall–Kier alpha value is -1.35. The van der Waals surface area contributed by atoms with Gasteiger partial charge in [-0.2, -0.15) is 0 Å². The van der Waals surface area contributed by atoms with Gasteiger partial charge < -0.3 is 10.2 Å². The monoisotopic (exact) mass is 157 g/mol. The van der Waals surface area contributed by atoms with Crippen LogP contribution in [0, 0.1) is 0 Å². The van der Waals surface area contributed by atoms with Crippen molar-refractivity contribution in [2.45, 2.75) is 6.10 Å². The number of aliphatic carboxylic acids is 1. The summed E-state index contributed by atoms with van der Waals surface area (Å²) in [5.41, 5.74) is -0.626. The van der Waals surface area contributed by atoms with Gasteiger partial charge in [-0.05, 0) is 5.56 Å². The molecule has 3 nitrogen and oxygen atoms in total. The van der Waals surface area contributed by atoms with Crippen molar-refractivity contribution in [2.75, 3.05) is 0 Å². The molecule has 0 aliphatic rings. The van der Waals surface area contributed by atoms with E-state index < -0.39 is 47.8 Å². The molecule has 0 saturated carbocycles. The molecule has 0 saturated heterocycles. The predicted molar refractivity (Wildman–Crippen MR) is 39.0 cm³/mol. The van der Waals surface area contributed by atoms with Crippen molar-refractivity contribution in [3.63, 3.8) is 0 Å². The Balaban J connectivity index is 3.57. The summed E-state index contributed by atoms with van der Waals surface area (Å²) in [6.07, 6.45) is -2.13. The van der Waals surface area contributed by atoms with Gasteiger partial charge in [0.05, 0.1) is 6.85 Å². The fourth-order valence-corrected chi connectivity index (χ4v) is 0.520. The van der Waals surface area contributed by atoms with E-state index in [9.17, 15) is 9.90 Å². The van der Waals surface area contributed by atoms with Crippen molar-refractivity contribution in [1.82, 2.24) is 0 Å². The van der Waals surface area contributed by atoms with Crippen LogP contribution >= 0.6 is 0 Å². The zero-order chi connectivity index (χ0) is 12.6. The Morgan fingerprint density at radius 2 is 2.00 bits per heavy atom. The highest BCUT2D eigenvalue weighted by atomic mass is 16.4. The summed E-state index contributed by atoms with van der Waals surface area (Å²) in [4.78, 5) is 10.5. The van der Waals surface area contributed by atoms with Gasteiger partial charge in [0, 0.05) is 0 Å². The molecule has 58 valence electrons. The molecule has 0 aliphatic heterocycles. The second-order valence-corrected chi connectivity index (χ2v) is 1.78. The number of hydrogen-bond donors (Lipinski definition) is 2. The molecule has 0 spiro atoms. The SMILES string of the molecule is [2H]c1c([2H])c([2H])c([C@@H](O)C(=O)O)c([2H])c1[2H]. The van der Waals surface area contributed by atoms with E-state index in [4.69, 9.17) is 12.0 Å². The van der Waals surface area contributed by atoms with Gasteiger partial charge in [-0.1, -0.05) is 30.2 Å². The molecule has 0 radical (unpaired) electrons. The average Bonchev–Trinajstić information content (AvgIpc) is 2.23. The first-order valence-electron chi connectivity index (χ1n) is 5.26. The fraction of sp³-hybridized carbons (Fsp3) is 0.125. The smallest absolute Gasteiger partial charge is 0.337 e. The van der Waals surface area contributed by atoms with Crippen LogP contribution < -0.4 is 0 Å². The molecule has 1 atom stereocenters. The average molecular weight is 157 g/mol. The first-order valence-corrected chi connectivity index (χ1v) is 2.76. The molecule has 0 fully saturated rings. The molecule has 0 amide bonds. The lowest BCUT2D eigenvalue weighted by molar-refractivity contribution is -0.146. The zero-order valence-electron chi connectivity index (χ0n) is 10.4. The highest BCUT2D eigenvalue weighted by Crippen LogP contribution is 2.10. The number of carbonyl (C=O) groups is 1. The first kappa shape index (κ1) is 3.36.